The quantitative estimate of drug-likeness (QED) is 0.841. The Hall–Kier alpha value is -1.39. The molecule has 1 saturated heterocycles. The standard InChI is InChI=1S/C17H27N3O/c1-3-20(4-2)16(14-9-6-5-7-10-14)17(21)19-15-11-8-12-18-13-15/h5-7,9-10,15-16,18H,3-4,8,11-13H2,1-2H3,(H,19,21)/t15-,16?/m0/s1. The van der Waals surface area contributed by atoms with E-state index in [1.807, 2.05) is 30.3 Å². The van der Waals surface area contributed by atoms with Gasteiger partial charge in [-0.2, -0.15) is 0 Å². The van der Waals surface area contributed by atoms with Gasteiger partial charge in [-0.05, 0) is 38.0 Å². The first-order valence-electron chi connectivity index (χ1n) is 8.06. The summed E-state index contributed by atoms with van der Waals surface area (Å²) in [5, 5.41) is 6.57. The fourth-order valence-electron chi connectivity index (χ4n) is 3.01. The van der Waals surface area contributed by atoms with Crippen LogP contribution in [0.1, 0.15) is 38.3 Å². The Kier molecular flexibility index (Phi) is 6.21. The zero-order valence-electron chi connectivity index (χ0n) is 13.1. The normalized spacial score (nSPS) is 20.2. The molecule has 116 valence electrons. The van der Waals surface area contributed by atoms with Gasteiger partial charge in [-0.3, -0.25) is 9.69 Å². The van der Waals surface area contributed by atoms with E-state index in [1.165, 1.54) is 0 Å². The SMILES string of the molecule is CCN(CC)C(C(=O)N[C@H]1CCCNC1)c1ccccc1. The predicted molar refractivity (Wildman–Crippen MR) is 86.1 cm³/mol. The predicted octanol–water partition coefficient (Wildman–Crippen LogP) is 1.94. The van der Waals surface area contributed by atoms with E-state index in [2.05, 4.69) is 29.4 Å². The van der Waals surface area contributed by atoms with Crippen LogP contribution in [0.15, 0.2) is 30.3 Å². The van der Waals surface area contributed by atoms with E-state index in [4.69, 9.17) is 0 Å². The van der Waals surface area contributed by atoms with Crippen LogP contribution in [0.3, 0.4) is 0 Å². The van der Waals surface area contributed by atoms with Crippen molar-refractivity contribution in [2.24, 2.45) is 0 Å². The van der Waals surface area contributed by atoms with Crippen molar-refractivity contribution < 1.29 is 4.79 Å². The van der Waals surface area contributed by atoms with Gasteiger partial charge in [-0.25, -0.2) is 0 Å². The number of rotatable bonds is 6. The topological polar surface area (TPSA) is 44.4 Å². The molecule has 1 heterocycles. The van der Waals surface area contributed by atoms with E-state index in [9.17, 15) is 4.79 Å². The Bertz CT molecular complexity index is 425. The summed E-state index contributed by atoms with van der Waals surface area (Å²) in [5.41, 5.74) is 1.07. The molecule has 4 heteroatoms. The molecular weight excluding hydrogens is 262 g/mol. The fraction of sp³-hybridized carbons (Fsp3) is 0.588. The van der Waals surface area contributed by atoms with Crippen LogP contribution in [0, 0.1) is 0 Å². The molecule has 1 amide bonds. The molecule has 1 aromatic rings. The van der Waals surface area contributed by atoms with Gasteiger partial charge in [0.05, 0.1) is 0 Å². The van der Waals surface area contributed by atoms with E-state index in [0.29, 0.717) is 0 Å². The Labute approximate surface area is 127 Å². The summed E-state index contributed by atoms with van der Waals surface area (Å²) in [4.78, 5) is 15.0. The number of piperidine rings is 1. The van der Waals surface area contributed by atoms with Crippen molar-refractivity contribution >= 4 is 5.91 Å². The number of carbonyl (C=O) groups is 1. The third-order valence-electron chi connectivity index (χ3n) is 4.18. The van der Waals surface area contributed by atoms with Crippen molar-refractivity contribution in [2.75, 3.05) is 26.2 Å². The van der Waals surface area contributed by atoms with Crippen LogP contribution in [0.5, 0.6) is 0 Å². The molecule has 2 rings (SSSR count). The monoisotopic (exact) mass is 289 g/mol. The maximum absolute atomic E-state index is 12.8. The van der Waals surface area contributed by atoms with Gasteiger partial charge in [-0.1, -0.05) is 44.2 Å². The molecule has 1 aliphatic rings. The van der Waals surface area contributed by atoms with Crippen molar-refractivity contribution in [3.05, 3.63) is 35.9 Å². The van der Waals surface area contributed by atoms with Crippen LogP contribution in [0.2, 0.25) is 0 Å². The Balaban J connectivity index is 2.12. The van der Waals surface area contributed by atoms with Gasteiger partial charge in [0.2, 0.25) is 5.91 Å². The van der Waals surface area contributed by atoms with E-state index < -0.39 is 0 Å². The molecule has 1 unspecified atom stereocenters. The molecule has 0 radical (unpaired) electrons. The minimum absolute atomic E-state index is 0.124. The maximum Gasteiger partial charge on any atom is 0.242 e. The van der Waals surface area contributed by atoms with Crippen molar-refractivity contribution in [3.8, 4) is 0 Å². The van der Waals surface area contributed by atoms with Crippen LogP contribution in [-0.2, 0) is 4.79 Å². The van der Waals surface area contributed by atoms with Gasteiger partial charge in [0.25, 0.3) is 0 Å². The Morgan fingerprint density at radius 3 is 2.62 bits per heavy atom. The lowest BCUT2D eigenvalue weighted by atomic mass is 10.0. The molecule has 0 saturated carbocycles. The lowest BCUT2D eigenvalue weighted by molar-refractivity contribution is -0.127. The number of benzene rings is 1. The van der Waals surface area contributed by atoms with Crippen LogP contribution >= 0.6 is 0 Å². The van der Waals surface area contributed by atoms with Gasteiger partial charge >= 0.3 is 0 Å². The zero-order valence-corrected chi connectivity index (χ0v) is 13.1. The summed E-state index contributed by atoms with van der Waals surface area (Å²) < 4.78 is 0. The molecular formula is C17H27N3O. The van der Waals surface area contributed by atoms with Crippen LogP contribution in [-0.4, -0.2) is 43.0 Å². The summed E-state index contributed by atoms with van der Waals surface area (Å²) in [5.74, 6) is 0.124. The Morgan fingerprint density at radius 1 is 1.33 bits per heavy atom. The molecule has 0 bridgehead atoms. The summed E-state index contributed by atoms with van der Waals surface area (Å²) >= 11 is 0. The number of carbonyl (C=O) groups excluding carboxylic acids is 1. The molecule has 1 aromatic carbocycles. The molecule has 0 aromatic heterocycles. The molecule has 0 spiro atoms. The zero-order chi connectivity index (χ0) is 15.1. The number of hydrogen-bond acceptors (Lipinski definition) is 3. The smallest absolute Gasteiger partial charge is 0.242 e. The summed E-state index contributed by atoms with van der Waals surface area (Å²) in [7, 11) is 0. The van der Waals surface area contributed by atoms with Gasteiger partial charge in [0.15, 0.2) is 0 Å². The highest BCUT2D eigenvalue weighted by Crippen LogP contribution is 2.21. The van der Waals surface area contributed by atoms with Crippen molar-refractivity contribution in [2.45, 2.75) is 38.8 Å². The van der Waals surface area contributed by atoms with Gasteiger partial charge in [0.1, 0.15) is 6.04 Å². The number of nitrogens with one attached hydrogen (secondary N) is 2. The molecule has 1 aliphatic heterocycles. The van der Waals surface area contributed by atoms with E-state index in [1.54, 1.807) is 0 Å². The van der Waals surface area contributed by atoms with Gasteiger partial charge in [-0.15, -0.1) is 0 Å². The van der Waals surface area contributed by atoms with Crippen LogP contribution in [0.25, 0.3) is 0 Å². The Morgan fingerprint density at radius 2 is 2.05 bits per heavy atom. The molecule has 1 fully saturated rings. The first kappa shape index (κ1) is 16.0. The van der Waals surface area contributed by atoms with Gasteiger partial charge in [0, 0.05) is 12.6 Å². The third kappa shape index (κ3) is 4.29. The lowest BCUT2D eigenvalue weighted by Crippen LogP contribution is -2.49. The number of amides is 1. The minimum Gasteiger partial charge on any atom is -0.350 e. The van der Waals surface area contributed by atoms with E-state index in [0.717, 1.165) is 44.6 Å². The molecule has 4 nitrogen and oxygen atoms in total. The second kappa shape index (κ2) is 8.15. The van der Waals surface area contributed by atoms with Crippen molar-refractivity contribution in [1.82, 2.24) is 15.5 Å². The van der Waals surface area contributed by atoms with Crippen molar-refractivity contribution in [1.29, 1.82) is 0 Å². The number of hydrogen-bond donors (Lipinski definition) is 2. The number of likely N-dealkylation sites (N-methyl/N-ethyl adjacent to an activating group) is 1. The van der Waals surface area contributed by atoms with Gasteiger partial charge < -0.3 is 10.6 Å². The van der Waals surface area contributed by atoms with Crippen LogP contribution in [0.4, 0.5) is 0 Å². The summed E-state index contributed by atoms with van der Waals surface area (Å²) in [6.45, 7) is 7.89. The third-order valence-corrected chi connectivity index (χ3v) is 4.18. The first-order chi connectivity index (χ1) is 10.3. The number of nitrogens with zero attached hydrogens (tertiary/aromatic N) is 1. The highest BCUT2D eigenvalue weighted by Gasteiger charge is 2.27. The average molecular weight is 289 g/mol. The summed E-state index contributed by atoms with van der Waals surface area (Å²) in [6.07, 6.45) is 2.20. The second-order valence-corrected chi connectivity index (χ2v) is 5.59. The minimum atomic E-state index is -0.192. The molecule has 2 N–H and O–H groups in total. The maximum atomic E-state index is 12.8. The van der Waals surface area contributed by atoms with Crippen LogP contribution < -0.4 is 10.6 Å². The average Bonchev–Trinajstić information content (AvgIpc) is 2.54. The largest absolute Gasteiger partial charge is 0.350 e. The van der Waals surface area contributed by atoms with Crippen molar-refractivity contribution in [3.63, 3.8) is 0 Å². The molecule has 0 aliphatic carbocycles. The fourth-order valence-corrected chi connectivity index (χ4v) is 3.01. The highest BCUT2D eigenvalue weighted by molar-refractivity contribution is 5.83. The van der Waals surface area contributed by atoms with E-state index >= 15 is 0 Å². The molecule has 2 atom stereocenters. The molecule has 21 heavy (non-hydrogen) atoms. The van der Waals surface area contributed by atoms with E-state index in [-0.39, 0.29) is 18.0 Å². The second-order valence-electron chi connectivity index (χ2n) is 5.59. The first-order valence-corrected chi connectivity index (χ1v) is 8.06. The lowest BCUT2D eigenvalue weighted by Gasteiger charge is -2.32. The highest BCUT2D eigenvalue weighted by atomic mass is 16.2. The summed E-state index contributed by atoms with van der Waals surface area (Å²) in [6, 6.07) is 10.1.